The Labute approximate surface area is 204 Å². The molecule has 0 saturated carbocycles. The molecule has 3 aromatic rings. The number of hydrogen-bond acceptors (Lipinski definition) is 6. The third kappa shape index (κ3) is 6.91. The van der Waals surface area contributed by atoms with Gasteiger partial charge in [0.2, 0.25) is 0 Å². The lowest BCUT2D eigenvalue weighted by atomic mass is 9.98. The third-order valence-corrected chi connectivity index (χ3v) is 5.66. The molecule has 0 amide bonds. The van der Waals surface area contributed by atoms with Gasteiger partial charge in [-0.15, -0.1) is 0 Å². The van der Waals surface area contributed by atoms with Gasteiger partial charge in [0.15, 0.2) is 6.10 Å². The number of benzene rings is 3. The number of carbonyl (C=O) groups excluding carboxylic acids is 1. The van der Waals surface area contributed by atoms with Gasteiger partial charge in [0.25, 0.3) is 0 Å². The Morgan fingerprint density at radius 2 is 1.17 bits per heavy atom. The first-order valence-corrected chi connectivity index (χ1v) is 11.4. The molecule has 0 spiro atoms. The van der Waals surface area contributed by atoms with Crippen LogP contribution in [-0.2, 0) is 43.6 Å². The SMILES string of the molecule is [N-]=[N+]=NC[C@H]1OC(=O)[C@H](OCc2ccccc2)[C@@H](OCc2ccccc2)[C@H]1OCc1ccccc1. The minimum atomic E-state index is -1.01. The number of ether oxygens (including phenoxy) is 4. The maximum atomic E-state index is 13.0. The van der Waals surface area contributed by atoms with Crippen LogP contribution in [0.4, 0.5) is 0 Å². The summed E-state index contributed by atoms with van der Waals surface area (Å²) in [7, 11) is 0. The summed E-state index contributed by atoms with van der Waals surface area (Å²) in [6.07, 6.45) is -3.30. The molecule has 0 bridgehead atoms. The third-order valence-electron chi connectivity index (χ3n) is 5.66. The van der Waals surface area contributed by atoms with Gasteiger partial charge in [0.05, 0.1) is 26.4 Å². The highest BCUT2D eigenvalue weighted by atomic mass is 16.6. The molecular weight excluding hydrogens is 446 g/mol. The molecule has 0 aliphatic carbocycles. The Balaban J connectivity index is 1.58. The van der Waals surface area contributed by atoms with Crippen LogP contribution >= 0.6 is 0 Å². The highest BCUT2D eigenvalue weighted by Gasteiger charge is 2.48. The second-order valence-electron chi connectivity index (χ2n) is 8.13. The molecule has 8 heteroatoms. The molecule has 1 aliphatic heterocycles. The van der Waals surface area contributed by atoms with E-state index in [4.69, 9.17) is 24.5 Å². The van der Waals surface area contributed by atoms with Crippen LogP contribution in [0.15, 0.2) is 96.1 Å². The lowest BCUT2D eigenvalue weighted by Gasteiger charge is -2.40. The van der Waals surface area contributed by atoms with Crippen molar-refractivity contribution >= 4 is 5.97 Å². The van der Waals surface area contributed by atoms with E-state index in [9.17, 15) is 4.79 Å². The van der Waals surface area contributed by atoms with Crippen molar-refractivity contribution in [2.24, 2.45) is 5.11 Å². The molecule has 0 unspecified atom stereocenters. The van der Waals surface area contributed by atoms with Gasteiger partial charge in [-0.1, -0.05) is 96.1 Å². The average Bonchev–Trinajstić information content (AvgIpc) is 2.91. The first kappa shape index (κ1) is 24.4. The molecule has 35 heavy (non-hydrogen) atoms. The van der Waals surface area contributed by atoms with Crippen LogP contribution in [0.3, 0.4) is 0 Å². The fraction of sp³-hybridized carbons (Fsp3) is 0.296. The number of esters is 1. The van der Waals surface area contributed by atoms with Crippen LogP contribution in [0.5, 0.6) is 0 Å². The number of hydrogen-bond donors (Lipinski definition) is 0. The van der Waals surface area contributed by atoms with E-state index < -0.39 is 30.4 Å². The van der Waals surface area contributed by atoms with E-state index in [0.29, 0.717) is 0 Å². The quantitative estimate of drug-likeness (QED) is 0.169. The standard InChI is InChI=1S/C27H27N3O5/c28-30-29-16-23-24(32-17-20-10-4-1-5-11-20)25(33-18-21-12-6-2-7-13-21)26(27(31)35-23)34-19-22-14-8-3-9-15-22/h1-15,23-26H,16-19H2/t23-,24+,25+,26-/m1/s1. The fourth-order valence-electron chi connectivity index (χ4n) is 3.90. The Hall–Kier alpha value is -3.68. The summed E-state index contributed by atoms with van der Waals surface area (Å²) in [4.78, 5) is 15.8. The molecule has 4 atom stereocenters. The zero-order valence-corrected chi connectivity index (χ0v) is 19.2. The molecule has 0 N–H and O–H groups in total. The fourth-order valence-corrected chi connectivity index (χ4v) is 3.90. The van der Waals surface area contributed by atoms with E-state index in [-0.39, 0.29) is 26.4 Å². The summed E-state index contributed by atoms with van der Waals surface area (Å²) in [5.41, 5.74) is 11.7. The molecule has 0 aromatic heterocycles. The van der Waals surface area contributed by atoms with Gasteiger partial charge < -0.3 is 18.9 Å². The van der Waals surface area contributed by atoms with Crippen molar-refractivity contribution in [1.82, 2.24) is 0 Å². The largest absolute Gasteiger partial charge is 0.457 e. The molecule has 1 heterocycles. The molecule has 3 aromatic carbocycles. The summed E-state index contributed by atoms with van der Waals surface area (Å²) < 4.78 is 24.2. The highest BCUT2D eigenvalue weighted by molar-refractivity contribution is 5.77. The van der Waals surface area contributed by atoms with Crippen molar-refractivity contribution < 1.29 is 23.7 Å². The smallest absolute Gasteiger partial charge is 0.338 e. The number of carbonyl (C=O) groups is 1. The van der Waals surface area contributed by atoms with Crippen molar-refractivity contribution in [2.75, 3.05) is 6.54 Å². The van der Waals surface area contributed by atoms with Crippen LogP contribution in [0.1, 0.15) is 16.7 Å². The van der Waals surface area contributed by atoms with Crippen LogP contribution in [-0.4, -0.2) is 36.9 Å². The number of cyclic esters (lactones) is 1. The molecular formula is C27H27N3O5. The highest BCUT2D eigenvalue weighted by Crippen LogP contribution is 2.28. The van der Waals surface area contributed by atoms with Gasteiger partial charge in [0.1, 0.15) is 18.3 Å². The number of rotatable bonds is 11. The molecule has 8 nitrogen and oxygen atoms in total. The molecule has 1 saturated heterocycles. The van der Waals surface area contributed by atoms with E-state index in [1.54, 1.807) is 0 Å². The van der Waals surface area contributed by atoms with Crippen LogP contribution < -0.4 is 0 Å². The lowest BCUT2D eigenvalue weighted by molar-refractivity contribution is -0.231. The van der Waals surface area contributed by atoms with Crippen molar-refractivity contribution in [3.05, 3.63) is 118 Å². The van der Waals surface area contributed by atoms with Gasteiger partial charge in [-0.2, -0.15) is 0 Å². The zero-order chi connectivity index (χ0) is 24.3. The van der Waals surface area contributed by atoms with Crippen molar-refractivity contribution in [2.45, 2.75) is 44.2 Å². The van der Waals surface area contributed by atoms with Crippen LogP contribution in [0, 0.1) is 0 Å². The van der Waals surface area contributed by atoms with E-state index in [1.165, 1.54) is 0 Å². The summed E-state index contributed by atoms with van der Waals surface area (Å²) in [6.45, 7) is 0.659. The summed E-state index contributed by atoms with van der Waals surface area (Å²) in [5, 5.41) is 3.63. The zero-order valence-electron chi connectivity index (χ0n) is 19.2. The van der Waals surface area contributed by atoms with Crippen molar-refractivity contribution in [1.29, 1.82) is 0 Å². The van der Waals surface area contributed by atoms with Crippen molar-refractivity contribution in [3.63, 3.8) is 0 Å². The first-order chi connectivity index (χ1) is 17.2. The predicted molar refractivity (Wildman–Crippen MR) is 129 cm³/mol. The normalized spacial score (nSPS) is 21.7. The van der Waals surface area contributed by atoms with E-state index >= 15 is 0 Å². The first-order valence-electron chi connectivity index (χ1n) is 11.4. The van der Waals surface area contributed by atoms with Crippen LogP contribution in [0.2, 0.25) is 0 Å². The minimum Gasteiger partial charge on any atom is -0.457 e. The lowest BCUT2D eigenvalue weighted by Crippen LogP contribution is -2.59. The molecule has 0 radical (unpaired) electrons. The topological polar surface area (TPSA) is 103 Å². The monoisotopic (exact) mass is 473 g/mol. The minimum absolute atomic E-state index is 0.0711. The number of nitrogens with zero attached hydrogens (tertiary/aromatic N) is 3. The Morgan fingerprint density at radius 3 is 1.66 bits per heavy atom. The summed E-state index contributed by atoms with van der Waals surface area (Å²) >= 11 is 0. The van der Waals surface area contributed by atoms with Gasteiger partial charge in [-0.25, -0.2) is 4.79 Å². The second kappa shape index (κ2) is 12.7. The van der Waals surface area contributed by atoms with Crippen LogP contribution in [0.25, 0.3) is 10.4 Å². The maximum absolute atomic E-state index is 13.0. The number of azide groups is 1. The van der Waals surface area contributed by atoms with E-state index in [1.807, 2.05) is 91.0 Å². The Kier molecular flexibility index (Phi) is 8.86. The Morgan fingerprint density at radius 1 is 0.714 bits per heavy atom. The van der Waals surface area contributed by atoms with Crippen molar-refractivity contribution in [3.8, 4) is 0 Å². The Bertz CT molecular complexity index is 1110. The molecule has 180 valence electrons. The van der Waals surface area contributed by atoms with E-state index in [2.05, 4.69) is 10.0 Å². The predicted octanol–water partition coefficient (Wildman–Crippen LogP) is 4.98. The molecule has 1 aliphatic rings. The van der Waals surface area contributed by atoms with Gasteiger partial charge in [0, 0.05) is 4.91 Å². The second-order valence-corrected chi connectivity index (χ2v) is 8.13. The van der Waals surface area contributed by atoms with Gasteiger partial charge in [-0.05, 0) is 22.2 Å². The molecule has 4 rings (SSSR count). The van der Waals surface area contributed by atoms with E-state index in [0.717, 1.165) is 16.7 Å². The molecule has 1 fully saturated rings. The average molecular weight is 474 g/mol. The summed E-state index contributed by atoms with van der Waals surface area (Å²) in [6, 6.07) is 28.9. The maximum Gasteiger partial charge on any atom is 0.338 e. The summed E-state index contributed by atoms with van der Waals surface area (Å²) in [5.74, 6) is -0.573. The van der Waals surface area contributed by atoms with Gasteiger partial charge >= 0.3 is 5.97 Å². The van der Waals surface area contributed by atoms with Gasteiger partial charge in [-0.3, -0.25) is 0 Å².